The smallest absolute Gasteiger partial charge is 0.276 e. The van der Waals surface area contributed by atoms with Gasteiger partial charge in [0, 0.05) is 29.3 Å². The van der Waals surface area contributed by atoms with Gasteiger partial charge in [-0.3, -0.25) is 4.79 Å². The van der Waals surface area contributed by atoms with Crippen molar-refractivity contribution in [2.75, 3.05) is 23.8 Å². The minimum atomic E-state index is -0.362. The number of nitrogens with zero attached hydrogens (tertiary/aromatic N) is 3. The number of carbonyl (C=O) groups excluding carboxylic acids is 1. The number of rotatable bonds is 6. The van der Waals surface area contributed by atoms with Gasteiger partial charge in [-0.25, -0.2) is 0 Å². The number of hydrogen-bond donors (Lipinski definition) is 1. The molecule has 0 saturated carbocycles. The number of halogens is 2. The van der Waals surface area contributed by atoms with Crippen molar-refractivity contribution < 1.29 is 4.79 Å². The van der Waals surface area contributed by atoms with Crippen molar-refractivity contribution in [3.63, 3.8) is 0 Å². The molecule has 0 atom stereocenters. The second-order valence-corrected chi connectivity index (χ2v) is 6.04. The third-order valence-electron chi connectivity index (χ3n) is 3.24. The highest BCUT2D eigenvalue weighted by Crippen LogP contribution is 2.22. The molecular weight excluding hydrogens is 335 g/mol. The van der Waals surface area contributed by atoms with Gasteiger partial charge in [0.25, 0.3) is 5.91 Å². The first-order valence-corrected chi connectivity index (χ1v) is 8.07. The summed E-state index contributed by atoms with van der Waals surface area (Å²) in [7, 11) is 1.95. The van der Waals surface area contributed by atoms with E-state index in [1.54, 1.807) is 30.3 Å². The summed E-state index contributed by atoms with van der Waals surface area (Å²) < 4.78 is 0. The highest BCUT2D eigenvalue weighted by molar-refractivity contribution is 6.35. The zero-order valence-corrected chi connectivity index (χ0v) is 14.5. The van der Waals surface area contributed by atoms with Crippen molar-refractivity contribution in [1.29, 1.82) is 0 Å². The first-order chi connectivity index (χ1) is 11.0. The van der Waals surface area contributed by atoms with E-state index in [1.165, 1.54) is 0 Å². The largest absolute Gasteiger partial charge is 0.358 e. The van der Waals surface area contributed by atoms with Gasteiger partial charge in [0.1, 0.15) is 0 Å². The van der Waals surface area contributed by atoms with E-state index < -0.39 is 0 Å². The first kappa shape index (κ1) is 17.5. The Labute approximate surface area is 145 Å². The zero-order chi connectivity index (χ0) is 16.8. The molecule has 1 aromatic heterocycles. The first-order valence-electron chi connectivity index (χ1n) is 7.32. The summed E-state index contributed by atoms with van der Waals surface area (Å²) in [6.07, 6.45) is 2.19. The van der Waals surface area contributed by atoms with Crippen LogP contribution in [0.25, 0.3) is 0 Å². The Kier molecular flexibility index (Phi) is 6.19. The third kappa shape index (κ3) is 5.08. The lowest BCUT2D eigenvalue weighted by molar-refractivity contribution is 0.102. The Hall–Kier alpha value is -1.85. The fourth-order valence-corrected chi connectivity index (χ4v) is 2.51. The number of anilines is 2. The van der Waals surface area contributed by atoms with Crippen molar-refractivity contribution in [3.8, 4) is 0 Å². The van der Waals surface area contributed by atoms with Crippen LogP contribution in [0.15, 0.2) is 30.3 Å². The van der Waals surface area contributed by atoms with Gasteiger partial charge >= 0.3 is 0 Å². The topological polar surface area (TPSA) is 58.1 Å². The Morgan fingerprint density at radius 3 is 2.43 bits per heavy atom. The number of nitrogens with one attached hydrogen (secondary N) is 1. The van der Waals surface area contributed by atoms with Gasteiger partial charge in [-0.1, -0.05) is 36.5 Å². The molecule has 1 N–H and O–H groups in total. The lowest BCUT2D eigenvalue weighted by Gasteiger charge is -2.16. The number of hydrogen-bond acceptors (Lipinski definition) is 4. The number of unbranched alkanes of at least 4 members (excludes halogenated alkanes) is 1. The average Bonchev–Trinajstić information content (AvgIpc) is 2.51. The van der Waals surface area contributed by atoms with E-state index in [4.69, 9.17) is 23.2 Å². The van der Waals surface area contributed by atoms with E-state index in [1.807, 2.05) is 11.9 Å². The van der Waals surface area contributed by atoms with Crippen molar-refractivity contribution in [2.45, 2.75) is 19.8 Å². The highest BCUT2D eigenvalue weighted by Gasteiger charge is 2.11. The molecule has 7 heteroatoms. The number of benzene rings is 1. The summed E-state index contributed by atoms with van der Waals surface area (Å²) in [5.41, 5.74) is 0.743. The maximum absolute atomic E-state index is 12.2. The lowest BCUT2D eigenvalue weighted by atomic mass is 10.3. The monoisotopic (exact) mass is 352 g/mol. The molecule has 0 aliphatic carbocycles. The summed E-state index contributed by atoms with van der Waals surface area (Å²) in [5, 5.41) is 11.7. The third-order valence-corrected chi connectivity index (χ3v) is 3.68. The molecule has 0 radical (unpaired) electrons. The van der Waals surface area contributed by atoms with Gasteiger partial charge in [0.2, 0.25) is 0 Å². The molecule has 0 spiro atoms. The summed E-state index contributed by atoms with van der Waals surface area (Å²) in [6.45, 7) is 3.03. The van der Waals surface area contributed by atoms with E-state index in [-0.39, 0.29) is 11.6 Å². The molecule has 0 saturated heterocycles. The van der Waals surface area contributed by atoms with E-state index >= 15 is 0 Å². The SMILES string of the molecule is CCCCN(C)c1ccc(C(=O)Nc2cc(Cl)cc(Cl)c2)nn1. The Bertz CT molecular complexity index is 656. The maximum atomic E-state index is 12.2. The second-order valence-electron chi connectivity index (χ2n) is 5.16. The number of carbonyl (C=O) groups is 1. The summed E-state index contributed by atoms with van der Waals surface area (Å²) in [4.78, 5) is 14.2. The molecule has 122 valence electrons. The van der Waals surface area contributed by atoms with Crippen molar-refractivity contribution in [2.24, 2.45) is 0 Å². The van der Waals surface area contributed by atoms with Gasteiger partial charge in [-0.05, 0) is 36.8 Å². The summed E-state index contributed by atoms with van der Waals surface area (Å²) in [5.74, 6) is 0.374. The predicted molar refractivity (Wildman–Crippen MR) is 94.6 cm³/mol. The summed E-state index contributed by atoms with van der Waals surface area (Å²) >= 11 is 11.8. The van der Waals surface area contributed by atoms with Gasteiger partial charge in [0.15, 0.2) is 11.5 Å². The Morgan fingerprint density at radius 2 is 1.87 bits per heavy atom. The van der Waals surface area contributed by atoms with E-state index in [0.29, 0.717) is 15.7 Å². The summed E-state index contributed by atoms with van der Waals surface area (Å²) in [6, 6.07) is 8.26. The van der Waals surface area contributed by atoms with E-state index in [2.05, 4.69) is 22.4 Å². The lowest BCUT2D eigenvalue weighted by Crippen LogP contribution is -2.21. The van der Waals surface area contributed by atoms with Crippen LogP contribution >= 0.6 is 23.2 Å². The van der Waals surface area contributed by atoms with E-state index in [0.717, 1.165) is 25.2 Å². The minimum absolute atomic E-state index is 0.230. The molecular formula is C16H18Cl2N4O. The van der Waals surface area contributed by atoms with Crippen LogP contribution in [0, 0.1) is 0 Å². The van der Waals surface area contributed by atoms with Crippen LogP contribution in [0.1, 0.15) is 30.3 Å². The molecule has 0 aliphatic rings. The Morgan fingerprint density at radius 1 is 1.17 bits per heavy atom. The van der Waals surface area contributed by atoms with Crippen LogP contribution < -0.4 is 10.2 Å². The highest BCUT2D eigenvalue weighted by atomic mass is 35.5. The fourth-order valence-electron chi connectivity index (χ4n) is 1.98. The van der Waals surface area contributed by atoms with Crippen molar-refractivity contribution >= 4 is 40.6 Å². The molecule has 0 fully saturated rings. The van der Waals surface area contributed by atoms with Gasteiger partial charge in [0.05, 0.1) is 0 Å². The van der Waals surface area contributed by atoms with Gasteiger partial charge in [-0.2, -0.15) is 0 Å². The molecule has 0 bridgehead atoms. The van der Waals surface area contributed by atoms with E-state index in [9.17, 15) is 4.79 Å². The zero-order valence-electron chi connectivity index (χ0n) is 13.0. The molecule has 2 rings (SSSR count). The molecule has 5 nitrogen and oxygen atoms in total. The minimum Gasteiger partial charge on any atom is -0.358 e. The molecule has 1 aromatic carbocycles. The Balaban J connectivity index is 2.05. The van der Waals surface area contributed by atoms with Crippen LogP contribution in [-0.4, -0.2) is 29.7 Å². The molecule has 1 amide bonds. The molecule has 23 heavy (non-hydrogen) atoms. The van der Waals surface area contributed by atoms with Gasteiger partial charge in [-0.15, -0.1) is 10.2 Å². The maximum Gasteiger partial charge on any atom is 0.276 e. The van der Waals surface area contributed by atoms with Crippen LogP contribution in [0.2, 0.25) is 10.0 Å². The average molecular weight is 353 g/mol. The number of amides is 1. The number of aromatic nitrogens is 2. The second kappa shape index (κ2) is 8.13. The molecule has 0 aliphatic heterocycles. The molecule has 0 unspecified atom stereocenters. The van der Waals surface area contributed by atoms with Crippen LogP contribution in [0.3, 0.4) is 0 Å². The van der Waals surface area contributed by atoms with Crippen LogP contribution in [0.4, 0.5) is 11.5 Å². The standard InChI is InChI=1S/C16H18Cl2N4O/c1-3-4-7-22(2)15-6-5-14(20-21-15)16(23)19-13-9-11(17)8-12(18)10-13/h5-6,8-10H,3-4,7H2,1-2H3,(H,19,23). The normalized spacial score (nSPS) is 10.4. The predicted octanol–water partition coefficient (Wildman–Crippen LogP) is 4.27. The van der Waals surface area contributed by atoms with Crippen LogP contribution in [-0.2, 0) is 0 Å². The molecule has 2 aromatic rings. The quantitative estimate of drug-likeness (QED) is 0.843. The van der Waals surface area contributed by atoms with Crippen molar-refractivity contribution in [3.05, 3.63) is 46.1 Å². The van der Waals surface area contributed by atoms with Crippen molar-refractivity contribution in [1.82, 2.24) is 10.2 Å². The molecule has 1 heterocycles. The fraction of sp³-hybridized carbons (Fsp3) is 0.312. The van der Waals surface area contributed by atoms with Gasteiger partial charge < -0.3 is 10.2 Å². The van der Waals surface area contributed by atoms with Crippen LogP contribution in [0.5, 0.6) is 0 Å².